The van der Waals surface area contributed by atoms with Crippen LogP contribution in [0.4, 0.5) is 0 Å². The second-order valence-electron chi connectivity index (χ2n) is 10.2. The van der Waals surface area contributed by atoms with Gasteiger partial charge in [-0.2, -0.15) is 0 Å². The molecule has 1 aliphatic rings. The van der Waals surface area contributed by atoms with Crippen molar-refractivity contribution in [2.24, 2.45) is 11.8 Å². The minimum Gasteiger partial charge on any atom is -0.333 e. The monoisotopic (exact) mass is 473 g/mol. The summed E-state index contributed by atoms with van der Waals surface area (Å²) in [4.78, 5) is 13.6. The van der Waals surface area contributed by atoms with Crippen LogP contribution in [0.25, 0.3) is 38.9 Å². The van der Waals surface area contributed by atoms with E-state index in [2.05, 4.69) is 102 Å². The third kappa shape index (κ3) is 3.58. The Balaban J connectivity index is 1.57. The van der Waals surface area contributed by atoms with Crippen LogP contribution >= 0.6 is 0 Å². The molecule has 0 fully saturated rings. The third-order valence-electron chi connectivity index (χ3n) is 7.35. The van der Waals surface area contributed by atoms with Crippen LogP contribution in [0.1, 0.15) is 40.2 Å². The molecule has 36 heavy (non-hydrogen) atoms. The second kappa shape index (κ2) is 8.90. The van der Waals surface area contributed by atoms with Gasteiger partial charge < -0.3 is 4.57 Å². The Morgan fingerprint density at radius 1 is 0.806 bits per heavy atom. The lowest BCUT2D eigenvalue weighted by Crippen LogP contribution is -2.21. The Morgan fingerprint density at radius 2 is 1.47 bits per heavy atom. The maximum Gasteiger partial charge on any atom is 0.144 e. The van der Waals surface area contributed by atoms with Crippen molar-refractivity contribution in [3.8, 4) is 11.4 Å². The van der Waals surface area contributed by atoms with E-state index in [1.54, 1.807) is 0 Å². The van der Waals surface area contributed by atoms with Crippen LogP contribution in [0.3, 0.4) is 0 Å². The number of imidazole rings is 1. The quantitative estimate of drug-likeness (QED) is 0.265. The summed E-state index contributed by atoms with van der Waals surface area (Å²) < 4.78 is 4.80. The maximum atomic E-state index is 4.78. The zero-order valence-corrected chi connectivity index (χ0v) is 21.3. The number of hydrogen-bond donors (Lipinski definition) is 0. The van der Waals surface area contributed by atoms with Gasteiger partial charge in [0.1, 0.15) is 5.82 Å². The van der Waals surface area contributed by atoms with Crippen LogP contribution in [0.15, 0.2) is 96.9 Å². The van der Waals surface area contributed by atoms with Crippen LogP contribution < -0.4 is 0 Å². The lowest BCUT2D eigenvalue weighted by atomic mass is 9.82. The first kappa shape index (κ1) is 22.5. The minimum absolute atomic E-state index is 0.206. The van der Waals surface area contributed by atoms with Gasteiger partial charge in [-0.3, -0.25) is 14.5 Å². The number of hydrogen-bond acceptors (Lipinski definition) is 3. The van der Waals surface area contributed by atoms with Crippen molar-refractivity contribution in [3.05, 3.63) is 96.9 Å². The van der Waals surface area contributed by atoms with Crippen LogP contribution in [-0.2, 0) is 0 Å². The van der Waals surface area contributed by atoms with Gasteiger partial charge in [0.25, 0.3) is 0 Å². The molecule has 1 atom stereocenters. The summed E-state index contributed by atoms with van der Waals surface area (Å²) in [7, 11) is 0. The predicted molar refractivity (Wildman–Crippen MR) is 147 cm³/mol. The highest BCUT2D eigenvalue weighted by molar-refractivity contribution is 6.07. The van der Waals surface area contributed by atoms with Crippen molar-refractivity contribution in [2.75, 3.05) is 0 Å². The molecule has 5 nitrogen and oxygen atoms in total. The molecule has 5 aromatic rings. The van der Waals surface area contributed by atoms with E-state index in [1.165, 1.54) is 27.9 Å². The number of allylic oxidation sites excluding steroid dienone is 4. The summed E-state index contributed by atoms with van der Waals surface area (Å²) in [5.41, 5.74) is 7.67. The van der Waals surface area contributed by atoms with Crippen molar-refractivity contribution in [3.63, 3.8) is 0 Å². The summed E-state index contributed by atoms with van der Waals surface area (Å²) in [5, 5.41) is 2.31. The van der Waals surface area contributed by atoms with Crippen LogP contribution in [0.2, 0.25) is 0 Å². The van der Waals surface area contributed by atoms with Gasteiger partial charge in [-0.15, -0.1) is 0 Å². The molecule has 180 valence electrons. The molecule has 0 N–H and O–H groups in total. The number of aromatic nitrogens is 5. The van der Waals surface area contributed by atoms with Crippen molar-refractivity contribution in [2.45, 2.75) is 40.2 Å². The van der Waals surface area contributed by atoms with Gasteiger partial charge >= 0.3 is 0 Å². The number of nitrogens with zero attached hydrogens (tertiary/aromatic N) is 5. The summed E-state index contributed by atoms with van der Waals surface area (Å²) in [6.45, 7) is 9.22. The zero-order chi connectivity index (χ0) is 24.8. The maximum absolute atomic E-state index is 4.78. The van der Waals surface area contributed by atoms with Gasteiger partial charge in [0.2, 0.25) is 0 Å². The van der Waals surface area contributed by atoms with E-state index < -0.39 is 0 Å². The molecule has 6 rings (SSSR count). The molecule has 0 bridgehead atoms. The molecule has 5 heteroatoms. The highest BCUT2D eigenvalue weighted by Crippen LogP contribution is 2.44. The predicted octanol–water partition coefficient (Wildman–Crippen LogP) is 7.54. The Labute approximate surface area is 211 Å². The minimum atomic E-state index is 0.206. The smallest absolute Gasteiger partial charge is 0.144 e. The molecule has 1 aliphatic carbocycles. The second-order valence-corrected chi connectivity index (χ2v) is 10.2. The standard InChI is InChI=1S/C31H31N5/c1-20(2)24-16-23(36-28-10-12-32-18-26(28)27-19-33-13-11-29(27)36)17-25(21(3)4)30(24)35-15-14-34-31(35)22-8-6-5-7-9-22/h5-16,18-21,23H,17H2,1-4H3. The molecular weight excluding hydrogens is 442 g/mol. The first-order chi connectivity index (χ1) is 17.5. The van der Waals surface area contributed by atoms with E-state index in [0.717, 1.165) is 28.6 Å². The van der Waals surface area contributed by atoms with Gasteiger partial charge in [-0.25, -0.2) is 4.98 Å². The van der Waals surface area contributed by atoms with Crippen LogP contribution in [0, 0.1) is 11.8 Å². The van der Waals surface area contributed by atoms with Gasteiger partial charge in [-0.1, -0.05) is 64.1 Å². The lowest BCUT2D eigenvalue weighted by molar-refractivity contribution is 0.565. The average Bonchev–Trinajstić information content (AvgIpc) is 3.51. The van der Waals surface area contributed by atoms with Crippen molar-refractivity contribution < 1.29 is 0 Å². The van der Waals surface area contributed by atoms with Gasteiger partial charge in [-0.05, 0) is 41.5 Å². The fourth-order valence-electron chi connectivity index (χ4n) is 5.67. The van der Waals surface area contributed by atoms with Crippen molar-refractivity contribution >= 4 is 27.5 Å². The highest BCUT2D eigenvalue weighted by Gasteiger charge is 2.30. The fourth-order valence-corrected chi connectivity index (χ4v) is 5.67. The van der Waals surface area contributed by atoms with E-state index in [0.29, 0.717) is 11.8 Å². The van der Waals surface area contributed by atoms with Crippen molar-refractivity contribution in [1.82, 2.24) is 24.1 Å². The Kier molecular flexibility index (Phi) is 5.56. The molecule has 0 radical (unpaired) electrons. The molecule has 0 saturated heterocycles. The van der Waals surface area contributed by atoms with Crippen LogP contribution in [0.5, 0.6) is 0 Å². The van der Waals surface area contributed by atoms with E-state index in [1.807, 2.05) is 31.0 Å². The molecular formula is C31H31N5. The fraction of sp³-hybridized carbons (Fsp3) is 0.258. The first-order valence-electron chi connectivity index (χ1n) is 12.8. The van der Waals surface area contributed by atoms with Gasteiger partial charge in [0.05, 0.1) is 17.1 Å². The van der Waals surface area contributed by atoms with E-state index >= 15 is 0 Å². The van der Waals surface area contributed by atoms with Gasteiger partial charge in [0.15, 0.2) is 0 Å². The number of rotatable bonds is 5. The molecule has 1 aromatic carbocycles. The Bertz CT molecular complexity index is 1560. The number of pyridine rings is 2. The normalized spacial score (nSPS) is 16.5. The Hall–Kier alpha value is -3.99. The molecule has 0 saturated carbocycles. The summed E-state index contributed by atoms with van der Waals surface area (Å²) in [6.07, 6.45) is 15.2. The highest BCUT2D eigenvalue weighted by atomic mass is 15.1. The van der Waals surface area contributed by atoms with E-state index in [-0.39, 0.29) is 6.04 Å². The number of fused-ring (bicyclic) bond motifs is 3. The average molecular weight is 474 g/mol. The summed E-state index contributed by atoms with van der Waals surface area (Å²) in [6, 6.07) is 15.0. The molecule has 0 amide bonds. The lowest BCUT2D eigenvalue weighted by Gasteiger charge is -2.33. The summed E-state index contributed by atoms with van der Waals surface area (Å²) in [5.74, 6) is 1.74. The Morgan fingerprint density at radius 3 is 2.08 bits per heavy atom. The number of benzene rings is 1. The topological polar surface area (TPSA) is 48.5 Å². The third-order valence-corrected chi connectivity index (χ3v) is 7.35. The van der Waals surface area contributed by atoms with Crippen molar-refractivity contribution in [1.29, 1.82) is 0 Å². The van der Waals surface area contributed by atoms with Gasteiger partial charge in [0, 0.05) is 59.2 Å². The SMILES string of the molecule is CC(C)C1=CC(n2c3ccncc3c3cnccc32)CC(C(C)C)=C1n1ccnc1-c1ccccc1. The molecule has 0 aliphatic heterocycles. The molecule has 0 spiro atoms. The van der Waals surface area contributed by atoms with E-state index in [9.17, 15) is 0 Å². The van der Waals surface area contributed by atoms with Crippen LogP contribution in [-0.4, -0.2) is 24.1 Å². The largest absolute Gasteiger partial charge is 0.333 e. The molecule has 4 heterocycles. The summed E-state index contributed by atoms with van der Waals surface area (Å²) >= 11 is 0. The molecule has 4 aromatic heterocycles. The molecule has 1 unspecified atom stereocenters. The van der Waals surface area contributed by atoms with E-state index in [4.69, 9.17) is 4.98 Å². The zero-order valence-electron chi connectivity index (χ0n) is 21.3. The first-order valence-corrected chi connectivity index (χ1v) is 12.8.